The van der Waals surface area contributed by atoms with Gasteiger partial charge in [0, 0.05) is 31.9 Å². The van der Waals surface area contributed by atoms with Crippen molar-refractivity contribution in [1.29, 1.82) is 0 Å². The molecule has 10 heteroatoms. The smallest absolute Gasteiger partial charge is 0.407 e. The first kappa shape index (κ1) is 19.0. The number of carbonyl (C=O) groups is 1. The Kier molecular flexibility index (Phi) is 4.99. The Bertz CT molecular complexity index is 1030. The first-order valence-corrected chi connectivity index (χ1v) is 9.69. The van der Waals surface area contributed by atoms with Gasteiger partial charge < -0.3 is 19.3 Å². The van der Waals surface area contributed by atoms with E-state index in [0.717, 1.165) is 5.56 Å². The van der Waals surface area contributed by atoms with E-state index >= 15 is 0 Å². The quantitative estimate of drug-likeness (QED) is 0.697. The highest BCUT2D eigenvalue weighted by Crippen LogP contribution is 2.31. The lowest BCUT2D eigenvalue weighted by molar-refractivity contribution is 0.108. The molecule has 1 fully saturated rings. The van der Waals surface area contributed by atoms with Gasteiger partial charge in [0.05, 0.1) is 11.6 Å². The van der Waals surface area contributed by atoms with E-state index in [0.29, 0.717) is 54.6 Å². The highest BCUT2D eigenvalue weighted by molar-refractivity contribution is 5.81. The molecule has 0 aliphatic carbocycles. The maximum Gasteiger partial charge on any atom is 0.407 e. The average Bonchev–Trinajstić information content (AvgIpc) is 3.30. The highest BCUT2D eigenvalue weighted by Gasteiger charge is 2.38. The van der Waals surface area contributed by atoms with Crippen LogP contribution in [0.3, 0.4) is 0 Å². The number of carboxylic acid groups (broad SMARTS) is 1. The van der Waals surface area contributed by atoms with Gasteiger partial charge in [0.25, 0.3) is 0 Å². The molecule has 0 spiro atoms. The van der Waals surface area contributed by atoms with Gasteiger partial charge in [0.1, 0.15) is 24.1 Å². The van der Waals surface area contributed by atoms with Crippen LogP contribution in [0.15, 0.2) is 18.7 Å². The Labute approximate surface area is 167 Å². The summed E-state index contributed by atoms with van der Waals surface area (Å²) in [5, 5.41) is 9.40. The summed E-state index contributed by atoms with van der Waals surface area (Å²) in [7, 11) is 0. The van der Waals surface area contributed by atoms with Crippen molar-refractivity contribution in [2.75, 3.05) is 6.54 Å². The van der Waals surface area contributed by atoms with E-state index in [1.54, 1.807) is 12.4 Å². The van der Waals surface area contributed by atoms with Crippen molar-refractivity contribution in [2.45, 2.75) is 52.3 Å². The Morgan fingerprint density at radius 2 is 2.00 bits per heavy atom. The zero-order chi connectivity index (χ0) is 20.5. The van der Waals surface area contributed by atoms with Gasteiger partial charge in [-0.15, -0.1) is 0 Å². The first-order chi connectivity index (χ1) is 14.0. The normalized spacial score (nSPS) is 19.1. The maximum atomic E-state index is 11.5. The van der Waals surface area contributed by atoms with Gasteiger partial charge in [-0.2, -0.15) is 4.98 Å². The van der Waals surface area contributed by atoms with E-state index in [1.165, 1.54) is 11.2 Å². The molecule has 10 nitrogen and oxygen atoms in total. The molecule has 0 bridgehead atoms. The third-order valence-corrected chi connectivity index (χ3v) is 5.26. The summed E-state index contributed by atoms with van der Waals surface area (Å²) in [6, 6.07) is -0.212. The summed E-state index contributed by atoms with van der Waals surface area (Å²) in [6.45, 7) is 6.90. The molecule has 152 valence electrons. The second-order valence-corrected chi connectivity index (χ2v) is 6.95. The molecule has 4 rings (SSSR count). The van der Waals surface area contributed by atoms with Gasteiger partial charge in [0.2, 0.25) is 5.88 Å². The molecule has 0 aromatic carbocycles. The molecule has 1 N–H and O–H groups in total. The minimum Gasteiger partial charge on any atom is -0.470 e. The zero-order valence-corrected chi connectivity index (χ0v) is 16.6. The molecule has 3 aromatic rings. The second kappa shape index (κ2) is 7.61. The topological polar surface area (TPSA) is 119 Å². The van der Waals surface area contributed by atoms with Gasteiger partial charge in [-0.3, -0.25) is 0 Å². The SMILES string of the molecule is CCC1C(Oc2ncnc3c2nc(-c2cnc(C)nc2)n3CC)CCN1C(=O)O. The van der Waals surface area contributed by atoms with E-state index < -0.39 is 6.09 Å². The Hall–Kier alpha value is -3.30. The van der Waals surface area contributed by atoms with Crippen molar-refractivity contribution in [1.82, 2.24) is 34.4 Å². The van der Waals surface area contributed by atoms with Crippen LogP contribution in [0.2, 0.25) is 0 Å². The van der Waals surface area contributed by atoms with Gasteiger partial charge in [-0.05, 0) is 20.3 Å². The van der Waals surface area contributed by atoms with Crippen LogP contribution in [0.4, 0.5) is 4.79 Å². The summed E-state index contributed by atoms with van der Waals surface area (Å²) >= 11 is 0. The number of hydrogen-bond donors (Lipinski definition) is 1. The monoisotopic (exact) mass is 397 g/mol. The van der Waals surface area contributed by atoms with Crippen molar-refractivity contribution in [2.24, 2.45) is 0 Å². The molecule has 2 atom stereocenters. The predicted molar refractivity (Wildman–Crippen MR) is 105 cm³/mol. The summed E-state index contributed by atoms with van der Waals surface area (Å²) in [5.41, 5.74) is 1.99. The van der Waals surface area contributed by atoms with Gasteiger partial charge >= 0.3 is 6.09 Å². The average molecular weight is 397 g/mol. The zero-order valence-electron chi connectivity index (χ0n) is 16.6. The van der Waals surface area contributed by atoms with Crippen LogP contribution in [0.25, 0.3) is 22.6 Å². The Morgan fingerprint density at radius 1 is 1.24 bits per heavy atom. The standard InChI is InChI=1S/C19H23N7O3/c1-4-13-14(6-7-26(13)19(27)28)29-18-15-17(22-10-23-18)25(5-2)16(24-15)12-8-20-11(3)21-9-12/h8-10,13-14H,4-7H2,1-3H3,(H,27,28). The minimum atomic E-state index is -0.923. The van der Waals surface area contributed by atoms with Crippen LogP contribution in [0.5, 0.6) is 5.88 Å². The van der Waals surface area contributed by atoms with Crippen molar-refractivity contribution in [3.8, 4) is 17.3 Å². The van der Waals surface area contributed by atoms with Gasteiger partial charge in [-0.1, -0.05) is 6.92 Å². The van der Waals surface area contributed by atoms with Crippen LogP contribution in [0, 0.1) is 6.92 Å². The van der Waals surface area contributed by atoms with Crippen LogP contribution in [0.1, 0.15) is 32.5 Å². The lowest BCUT2D eigenvalue weighted by atomic mass is 10.1. The Balaban J connectivity index is 1.73. The number of nitrogens with zero attached hydrogens (tertiary/aromatic N) is 7. The molecule has 0 saturated carbocycles. The number of imidazole rings is 1. The van der Waals surface area contributed by atoms with Crippen molar-refractivity contribution >= 4 is 17.3 Å². The first-order valence-electron chi connectivity index (χ1n) is 9.69. The van der Waals surface area contributed by atoms with E-state index in [9.17, 15) is 9.90 Å². The molecule has 1 amide bonds. The van der Waals surface area contributed by atoms with Crippen LogP contribution in [-0.2, 0) is 6.54 Å². The fourth-order valence-electron chi connectivity index (χ4n) is 3.86. The van der Waals surface area contributed by atoms with Gasteiger partial charge in [0.15, 0.2) is 11.2 Å². The summed E-state index contributed by atoms with van der Waals surface area (Å²) in [4.78, 5) is 34.8. The fourth-order valence-corrected chi connectivity index (χ4v) is 3.86. The number of amides is 1. The van der Waals surface area contributed by atoms with E-state index in [2.05, 4.69) is 19.9 Å². The summed E-state index contributed by atoms with van der Waals surface area (Å²) in [5.74, 6) is 1.75. The number of likely N-dealkylation sites (tertiary alicyclic amines) is 1. The van der Waals surface area contributed by atoms with Gasteiger partial charge in [-0.25, -0.2) is 24.7 Å². The van der Waals surface area contributed by atoms with Crippen LogP contribution < -0.4 is 4.74 Å². The highest BCUT2D eigenvalue weighted by atomic mass is 16.5. The summed E-state index contributed by atoms with van der Waals surface area (Å²) in [6.07, 6.45) is 5.01. The molecular formula is C19H23N7O3. The molecule has 4 heterocycles. The molecule has 29 heavy (non-hydrogen) atoms. The fraction of sp³-hybridized carbons (Fsp3) is 0.474. The molecule has 1 aliphatic heterocycles. The number of fused-ring (bicyclic) bond motifs is 1. The number of ether oxygens (including phenoxy) is 1. The van der Waals surface area contributed by atoms with Crippen LogP contribution in [-0.4, -0.2) is 64.3 Å². The minimum absolute atomic E-state index is 0.212. The molecular weight excluding hydrogens is 374 g/mol. The maximum absolute atomic E-state index is 11.5. The van der Waals surface area contributed by atoms with E-state index in [1.807, 2.05) is 25.3 Å². The number of aromatic nitrogens is 6. The third-order valence-electron chi connectivity index (χ3n) is 5.26. The van der Waals surface area contributed by atoms with Crippen molar-refractivity contribution < 1.29 is 14.6 Å². The Morgan fingerprint density at radius 3 is 2.66 bits per heavy atom. The second-order valence-electron chi connectivity index (χ2n) is 6.95. The third kappa shape index (κ3) is 3.34. The predicted octanol–water partition coefficient (Wildman–Crippen LogP) is 2.52. The molecule has 0 radical (unpaired) electrons. The lowest BCUT2D eigenvalue weighted by Gasteiger charge is -2.24. The van der Waals surface area contributed by atoms with Crippen LogP contribution >= 0.6 is 0 Å². The lowest BCUT2D eigenvalue weighted by Crippen LogP contribution is -2.40. The number of aryl methyl sites for hydroxylation is 2. The molecule has 3 aromatic heterocycles. The number of hydrogen-bond acceptors (Lipinski definition) is 7. The molecule has 1 saturated heterocycles. The van der Waals surface area contributed by atoms with Crippen molar-refractivity contribution in [3.05, 3.63) is 24.5 Å². The van der Waals surface area contributed by atoms with Crippen molar-refractivity contribution in [3.63, 3.8) is 0 Å². The number of rotatable bonds is 5. The molecule has 1 aliphatic rings. The van der Waals surface area contributed by atoms with E-state index in [-0.39, 0.29) is 12.1 Å². The summed E-state index contributed by atoms with van der Waals surface area (Å²) < 4.78 is 8.14. The van der Waals surface area contributed by atoms with E-state index in [4.69, 9.17) is 9.72 Å². The largest absolute Gasteiger partial charge is 0.470 e. The molecule has 2 unspecified atom stereocenters.